The lowest BCUT2D eigenvalue weighted by Crippen LogP contribution is -2.30. The molecule has 1 N–H and O–H groups in total. The van der Waals surface area contributed by atoms with E-state index in [1.807, 2.05) is 22.6 Å². The van der Waals surface area contributed by atoms with Crippen LogP contribution in [0.5, 0.6) is 0 Å². The van der Waals surface area contributed by atoms with Crippen LogP contribution in [0.15, 0.2) is 48.5 Å². The van der Waals surface area contributed by atoms with Crippen molar-refractivity contribution in [2.45, 2.75) is 19.2 Å². The van der Waals surface area contributed by atoms with Gasteiger partial charge in [-0.3, -0.25) is 4.79 Å². The van der Waals surface area contributed by atoms with Crippen molar-refractivity contribution in [1.29, 1.82) is 0 Å². The Labute approximate surface area is 155 Å². The molecule has 1 amide bonds. The highest BCUT2D eigenvalue weighted by molar-refractivity contribution is 14.1. The second kappa shape index (κ2) is 7.85. The van der Waals surface area contributed by atoms with Crippen LogP contribution in [0.1, 0.15) is 22.8 Å². The lowest BCUT2D eigenvalue weighted by atomic mass is 10.2. The van der Waals surface area contributed by atoms with Gasteiger partial charge in [0.1, 0.15) is 0 Å². The number of rotatable bonds is 4. The zero-order chi connectivity index (χ0) is 18.6. The Balaban J connectivity index is 2.04. The molecule has 0 radical (unpaired) electrons. The van der Waals surface area contributed by atoms with Crippen molar-refractivity contribution >= 4 is 40.2 Å². The summed E-state index contributed by atoms with van der Waals surface area (Å²) in [5.74, 6) is -1.41. The lowest BCUT2D eigenvalue weighted by Gasteiger charge is -2.15. The molecule has 4 nitrogen and oxygen atoms in total. The first-order valence-corrected chi connectivity index (χ1v) is 8.20. The van der Waals surface area contributed by atoms with Crippen LogP contribution in [0.25, 0.3) is 0 Å². The van der Waals surface area contributed by atoms with Gasteiger partial charge in [0.25, 0.3) is 5.91 Å². The summed E-state index contributed by atoms with van der Waals surface area (Å²) in [6, 6.07) is 10.9. The van der Waals surface area contributed by atoms with Crippen LogP contribution in [-0.4, -0.2) is 18.0 Å². The molecule has 2 aromatic rings. The van der Waals surface area contributed by atoms with Crippen LogP contribution in [0.3, 0.4) is 0 Å². The molecule has 0 aromatic heterocycles. The van der Waals surface area contributed by atoms with Crippen molar-refractivity contribution in [3.63, 3.8) is 0 Å². The number of ether oxygens (including phenoxy) is 1. The minimum absolute atomic E-state index is 0.0305. The molecule has 0 fully saturated rings. The van der Waals surface area contributed by atoms with Crippen LogP contribution in [-0.2, 0) is 15.7 Å². The first-order chi connectivity index (χ1) is 11.7. The number of benzene rings is 2. The molecule has 0 spiro atoms. The minimum atomic E-state index is -4.51. The Kier molecular flexibility index (Phi) is 6.04. The monoisotopic (exact) mass is 463 g/mol. The Bertz CT molecular complexity index is 793. The molecule has 1 unspecified atom stereocenters. The van der Waals surface area contributed by atoms with Gasteiger partial charge in [0, 0.05) is 9.26 Å². The zero-order valence-electron chi connectivity index (χ0n) is 12.9. The number of carbonyl (C=O) groups is 2. The van der Waals surface area contributed by atoms with Gasteiger partial charge in [-0.25, -0.2) is 4.79 Å². The van der Waals surface area contributed by atoms with E-state index in [9.17, 15) is 22.8 Å². The van der Waals surface area contributed by atoms with E-state index in [4.69, 9.17) is 4.74 Å². The normalized spacial score (nSPS) is 12.4. The van der Waals surface area contributed by atoms with Gasteiger partial charge in [-0.15, -0.1) is 0 Å². The molecule has 2 rings (SSSR count). The van der Waals surface area contributed by atoms with Crippen molar-refractivity contribution in [2.24, 2.45) is 0 Å². The first-order valence-electron chi connectivity index (χ1n) is 7.12. The van der Waals surface area contributed by atoms with Gasteiger partial charge < -0.3 is 10.1 Å². The third-order valence-electron chi connectivity index (χ3n) is 3.20. The molecule has 0 saturated carbocycles. The molecule has 0 bridgehead atoms. The number of carbonyl (C=O) groups excluding carboxylic acids is 2. The van der Waals surface area contributed by atoms with Crippen molar-refractivity contribution in [2.75, 3.05) is 5.32 Å². The lowest BCUT2D eigenvalue weighted by molar-refractivity contribution is -0.137. The van der Waals surface area contributed by atoms with Crippen LogP contribution >= 0.6 is 22.6 Å². The summed E-state index contributed by atoms with van der Waals surface area (Å²) < 4.78 is 43.8. The Morgan fingerprint density at radius 2 is 1.80 bits per heavy atom. The molecule has 25 heavy (non-hydrogen) atoms. The molecule has 0 saturated heterocycles. The van der Waals surface area contributed by atoms with E-state index >= 15 is 0 Å². The number of hydrogen-bond acceptors (Lipinski definition) is 3. The van der Waals surface area contributed by atoms with Crippen molar-refractivity contribution < 1.29 is 27.5 Å². The number of esters is 1. The van der Waals surface area contributed by atoms with E-state index in [-0.39, 0.29) is 5.69 Å². The number of anilines is 1. The van der Waals surface area contributed by atoms with Crippen LogP contribution in [0.4, 0.5) is 18.9 Å². The van der Waals surface area contributed by atoms with Gasteiger partial charge >= 0.3 is 12.1 Å². The first kappa shape index (κ1) is 19.2. The average Bonchev–Trinajstić information content (AvgIpc) is 2.54. The van der Waals surface area contributed by atoms with Crippen molar-refractivity contribution in [1.82, 2.24) is 0 Å². The summed E-state index contributed by atoms with van der Waals surface area (Å²) in [7, 11) is 0. The predicted molar refractivity (Wildman–Crippen MR) is 94.1 cm³/mol. The van der Waals surface area contributed by atoms with E-state index in [2.05, 4.69) is 5.32 Å². The van der Waals surface area contributed by atoms with Gasteiger partial charge in [-0.2, -0.15) is 13.2 Å². The minimum Gasteiger partial charge on any atom is -0.449 e. The zero-order valence-corrected chi connectivity index (χ0v) is 15.1. The number of amides is 1. The fraction of sp³-hybridized carbons (Fsp3) is 0.176. The van der Waals surface area contributed by atoms with Gasteiger partial charge in [0.2, 0.25) is 0 Å². The van der Waals surface area contributed by atoms with E-state index < -0.39 is 29.7 Å². The molecule has 0 heterocycles. The summed E-state index contributed by atoms with van der Waals surface area (Å²) in [6.07, 6.45) is -5.68. The van der Waals surface area contributed by atoms with Crippen LogP contribution < -0.4 is 5.32 Å². The quantitative estimate of drug-likeness (QED) is 0.537. The molecule has 0 aliphatic heterocycles. The van der Waals surface area contributed by atoms with Gasteiger partial charge in [-0.1, -0.05) is 18.2 Å². The maximum absolute atomic E-state index is 12.7. The summed E-state index contributed by atoms with van der Waals surface area (Å²) in [6.45, 7) is 1.34. The highest BCUT2D eigenvalue weighted by atomic mass is 127. The predicted octanol–water partition coefficient (Wildman–Crippen LogP) is 4.49. The average molecular weight is 463 g/mol. The summed E-state index contributed by atoms with van der Waals surface area (Å²) in [4.78, 5) is 24.1. The van der Waals surface area contributed by atoms with E-state index in [1.165, 1.54) is 19.1 Å². The van der Waals surface area contributed by atoms with Crippen molar-refractivity contribution in [3.8, 4) is 0 Å². The fourth-order valence-corrected chi connectivity index (χ4v) is 2.53. The Morgan fingerprint density at radius 3 is 2.44 bits per heavy atom. The number of nitrogens with one attached hydrogen (secondary N) is 1. The SMILES string of the molecule is CC(OC(=O)c1ccccc1I)C(=O)Nc1cccc(C(F)(F)F)c1. The van der Waals surface area contributed by atoms with E-state index in [1.54, 1.807) is 24.3 Å². The largest absolute Gasteiger partial charge is 0.449 e. The molecule has 1 atom stereocenters. The van der Waals surface area contributed by atoms with E-state index in [0.29, 0.717) is 9.13 Å². The summed E-state index contributed by atoms with van der Waals surface area (Å²) >= 11 is 1.96. The maximum atomic E-state index is 12.7. The number of hydrogen-bond donors (Lipinski definition) is 1. The van der Waals surface area contributed by atoms with Crippen LogP contribution in [0, 0.1) is 3.57 Å². The molecule has 0 aliphatic rings. The molecule has 0 aliphatic carbocycles. The molecule has 132 valence electrons. The fourth-order valence-electron chi connectivity index (χ4n) is 1.92. The third-order valence-corrected chi connectivity index (χ3v) is 4.14. The highest BCUT2D eigenvalue weighted by Crippen LogP contribution is 2.30. The summed E-state index contributed by atoms with van der Waals surface area (Å²) in [5, 5.41) is 2.31. The second-order valence-corrected chi connectivity index (χ2v) is 6.26. The van der Waals surface area contributed by atoms with Crippen LogP contribution in [0.2, 0.25) is 0 Å². The van der Waals surface area contributed by atoms with Crippen molar-refractivity contribution in [3.05, 3.63) is 63.2 Å². The Hall–Kier alpha value is -2.10. The topological polar surface area (TPSA) is 55.4 Å². The molecule has 2 aromatic carbocycles. The summed E-state index contributed by atoms with van der Waals surface area (Å²) in [5.41, 5.74) is -0.604. The molecular formula is C17H13F3INO3. The highest BCUT2D eigenvalue weighted by Gasteiger charge is 2.30. The van der Waals surface area contributed by atoms with E-state index in [0.717, 1.165) is 12.1 Å². The van der Waals surface area contributed by atoms with Gasteiger partial charge in [0.15, 0.2) is 6.10 Å². The molecule has 8 heteroatoms. The number of halogens is 4. The van der Waals surface area contributed by atoms with Gasteiger partial charge in [0.05, 0.1) is 11.1 Å². The second-order valence-electron chi connectivity index (χ2n) is 5.10. The third kappa shape index (κ3) is 5.18. The maximum Gasteiger partial charge on any atom is 0.416 e. The Morgan fingerprint density at radius 1 is 1.12 bits per heavy atom. The number of alkyl halides is 3. The van der Waals surface area contributed by atoms with Gasteiger partial charge in [-0.05, 0) is 59.8 Å². The standard InChI is InChI=1S/C17H13F3INO3/c1-10(25-16(24)13-7-2-3-8-14(13)21)15(23)22-12-6-4-5-11(9-12)17(18,19)20/h2-10H,1H3,(H,22,23). The molecular weight excluding hydrogens is 450 g/mol. The smallest absolute Gasteiger partial charge is 0.416 e.